The van der Waals surface area contributed by atoms with Crippen LogP contribution >= 0.6 is 0 Å². The molecule has 2 aromatic carbocycles. The van der Waals surface area contributed by atoms with Crippen LogP contribution in [0.15, 0.2) is 48.5 Å². The van der Waals surface area contributed by atoms with Crippen LogP contribution in [0.2, 0.25) is 0 Å². The molecule has 1 atom stereocenters. The molecule has 37 heavy (non-hydrogen) atoms. The average molecular weight is 537 g/mol. The van der Waals surface area contributed by atoms with Gasteiger partial charge in [-0.1, -0.05) is 37.5 Å². The Balaban J connectivity index is 1.92. The highest BCUT2D eigenvalue weighted by Crippen LogP contribution is 2.22. The maximum atomic E-state index is 14.5. The van der Waals surface area contributed by atoms with Gasteiger partial charge in [0.2, 0.25) is 11.8 Å². The predicted octanol–water partition coefficient (Wildman–Crippen LogP) is 3.44. The molecule has 1 aliphatic rings. The van der Waals surface area contributed by atoms with Gasteiger partial charge in [0.1, 0.15) is 24.2 Å². The first-order valence-corrected chi connectivity index (χ1v) is 13.7. The SMILES string of the molecule is C[C@H](C(=O)NC1CCCCC1)N(Cc1ccccc1F)C(=O)CN(c1ccc(F)cc1)S(=O)(=O)N(C)C. The van der Waals surface area contributed by atoms with Crippen LogP contribution in [-0.2, 0) is 26.3 Å². The second kappa shape index (κ2) is 12.5. The Kier molecular flexibility index (Phi) is 9.61. The van der Waals surface area contributed by atoms with E-state index in [-0.39, 0.29) is 29.7 Å². The summed E-state index contributed by atoms with van der Waals surface area (Å²) in [5.74, 6) is -2.20. The Morgan fingerprint density at radius 1 is 1.00 bits per heavy atom. The predicted molar refractivity (Wildman–Crippen MR) is 138 cm³/mol. The zero-order valence-electron chi connectivity index (χ0n) is 21.4. The van der Waals surface area contributed by atoms with Gasteiger partial charge in [-0.2, -0.15) is 12.7 Å². The molecule has 8 nitrogen and oxygen atoms in total. The summed E-state index contributed by atoms with van der Waals surface area (Å²) in [6, 6.07) is 9.60. The first kappa shape index (κ1) is 28.5. The molecule has 1 fully saturated rings. The van der Waals surface area contributed by atoms with Gasteiger partial charge in [0, 0.05) is 32.2 Å². The summed E-state index contributed by atoms with van der Waals surface area (Å²) in [5, 5.41) is 2.99. The molecule has 2 amide bonds. The lowest BCUT2D eigenvalue weighted by Crippen LogP contribution is -2.53. The number of rotatable bonds is 10. The molecular formula is C26H34F2N4O4S. The minimum Gasteiger partial charge on any atom is -0.352 e. The van der Waals surface area contributed by atoms with Crippen LogP contribution < -0.4 is 9.62 Å². The molecule has 0 radical (unpaired) electrons. The smallest absolute Gasteiger partial charge is 0.304 e. The number of hydrogen-bond donors (Lipinski definition) is 1. The lowest BCUT2D eigenvalue weighted by atomic mass is 9.95. The summed E-state index contributed by atoms with van der Waals surface area (Å²) < 4.78 is 56.0. The monoisotopic (exact) mass is 536 g/mol. The standard InChI is InChI=1S/C26H34F2N4O4S/c1-19(26(34)29-22-10-5-4-6-11-22)31(17-20-9-7-8-12-24(20)28)25(33)18-32(37(35,36)30(2)3)23-15-13-21(27)14-16-23/h7-9,12-16,19,22H,4-6,10-11,17-18H2,1-3H3,(H,29,34)/t19-/m1/s1. The number of anilines is 1. The third-order valence-electron chi connectivity index (χ3n) is 6.55. The van der Waals surface area contributed by atoms with E-state index in [1.54, 1.807) is 13.0 Å². The first-order valence-electron chi connectivity index (χ1n) is 12.3. The van der Waals surface area contributed by atoms with Crippen LogP contribution in [0.4, 0.5) is 14.5 Å². The molecule has 1 aliphatic carbocycles. The van der Waals surface area contributed by atoms with Crippen LogP contribution in [0.25, 0.3) is 0 Å². The van der Waals surface area contributed by atoms with E-state index < -0.39 is 40.3 Å². The van der Waals surface area contributed by atoms with Crippen molar-refractivity contribution in [2.24, 2.45) is 0 Å². The number of amides is 2. The van der Waals surface area contributed by atoms with Crippen molar-refractivity contribution in [1.82, 2.24) is 14.5 Å². The van der Waals surface area contributed by atoms with Gasteiger partial charge in [0.05, 0.1) is 5.69 Å². The van der Waals surface area contributed by atoms with Gasteiger partial charge >= 0.3 is 10.2 Å². The van der Waals surface area contributed by atoms with Gasteiger partial charge in [-0.25, -0.2) is 13.1 Å². The molecule has 2 aromatic rings. The first-order chi connectivity index (χ1) is 17.5. The maximum absolute atomic E-state index is 14.5. The van der Waals surface area contributed by atoms with Crippen LogP contribution in [0.3, 0.4) is 0 Å². The van der Waals surface area contributed by atoms with Crippen LogP contribution in [-0.4, -0.2) is 62.2 Å². The molecule has 202 valence electrons. The van der Waals surface area contributed by atoms with Crippen molar-refractivity contribution in [2.45, 2.75) is 57.7 Å². The topological polar surface area (TPSA) is 90.0 Å². The highest BCUT2D eigenvalue weighted by atomic mass is 32.2. The molecule has 1 N–H and O–H groups in total. The van der Waals surface area contributed by atoms with Crippen molar-refractivity contribution in [2.75, 3.05) is 24.9 Å². The molecule has 0 aliphatic heterocycles. The highest BCUT2D eigenvalue weighted by molar-refractivity contribution is 7.90. The largest absolute Gasteiger partial charge is 0.352 e. The van der Waals surface area contributed by atoms with Crippen LogP contribution in [0.1, 0.15) is 44.6 Å². The number of carbonyl (C=O) groups excluding carboxylic acids is 2. The second-order valence-electron chi connectivity index (χ2n) is 9.41. The second-order valence-corrected chi connectivity index (χ2v) is 11.5. The van der Waals surface area contributed by atoms with E-state index in [0.29, 0.717) is 0 Å². The van der Waals surface area contributed by atoms with E-state index >= 15 is 0 Å². The van der Waals surface area contributed by atoms with Crippen molar-refractivity contribution >= 4 is 27.7 Å². The third-order valence-corrected chi connectivity index (χ3v) is 8.37. The molecule has 0 heterocycles. The lowest BCUT2D eigenvalue weighted by molar-refractivity contribution is -0.139. The van der Waals surface area contributed by atoms with E-state index in [2.05, 4.69) is 5.32 Å². The Hall–Kier alpha value is -3.05. The Labute approximate surface area is 217 Å². The van der Waals surface area contributed by atoms with Crippen molar-refractivity contribution in [1.29, 1.82) is 0 Å². The molecule has 0 bridgehead atoms. The quantitative estimate of drug-likeness (QED) is 0.504. The fraction of sp³-hybridized carbons (Fsp3) is 0.462. The van der Waals surface area contributed by atoms with Gasteiger partial charge in [-0.15, -0.1) is 0 Å². The number of benzene rings is 2. The number of hydrogen-bond acceptors (Lipinski definition) is 4. The summed E-state index contributed by atoms with van der Waals surface area (Å²) in [7, 11) is -1.53. The summed E-state index contributed by atoms with van der Waals surface area (Å²) in [5.41, 5.74) is 0.269. The number of halogens is 2. The third kappa shape index (κ3) is 7.26. The molecule has 0 saturated heterocycles. The van der Waals surface area contributed by atoms with Crippen molar-refractivity contribution < 1.29 is 26.8 Å². The van der Waals surface area contributed by atoms with Gasteiger partial charge in [0.15, 0.2) is 0 Å². The van der Waals surface area contributed by atoms with E-state index in [9.17, 15) is 26.8 Å². The Morgan fingerprint density at radius 2 is 1.62 bits per heavy atom. The molecular weight excluding hydrogens is 502 g/mol. The zero-order chi connectivity index (χ0) is 27.2. The minimum absolute atomic E-state index is 0.000976. The van der Waals surface area contributed by atoms with Gasteiger partial charge < -0.3 is 10.2 Å². The van der Waals surface area contributed by atoms with Crippen molar-refractivity contribution in [3.05, 3.63) is 65.7 Å². The average Bonchev–Trinajstić information content (AvgIpc) is 2.87. The fourth-order valence-electron chi connectivity index (χ4n) is 4.29. The van der Waals surface area contributed by atoms with Gasteiger partial charge in [0.25, 0.3) is 0 Å². The summed E-state index contributed by atoms with van der Waals surface area (Å²) in [4.78, 5) is 28.0. The summed E-state index contributed by atoms with van der Waals surface area (Å²) in [6.45, 7) is 0.644. The minimum atomic E-state index is -4.16. The molecule has 3 rings (SSSR count). The van der Waals surface area contributed by atoms with Crippen molar-refractivity contribution in [3.8, 4) is 0 Å². The summed E-state index contributed by atoms with van der Waals surface area (Å²) in [6.07, 6.45) is 4.82. The molecule has 0 spiro atoms. The van der Waals surface area contributed by atoms with Gasteiger partial charge in [-0.3, -0.25) is 9.59 Å². The fourth-order valence-corrected chi connectivity index (χ4v) is 5.34. The van der Waals surface area contributed by atoms with E-state index in [1.807, 2.05) is 0 Å². The molecule has 0 unspecified atom stereocenters. The maximum Gasteiger partial charge on any atom is 0.304 e. The van der Waals surface area contributed by atoms with Gasteiger partial charge in [-0.05, 0) is 50.1 Å². The molecule has 11 heteroatoms. The molecule has 0 aromatic heterocycles. The number of nitrogens with one attached hydrogen (secondary N) is 1. The number of carbonyl (C=O) groups is 2. The Morgan fingerprint density at radius 3 is 2.22 bits per heavy atom. The highest BCUT2D eigenvalue weighted by Gasteiger charge is 2.33. The van der Waals surface area contributed by atoms with E-state index in [0.717, 1.165) is 52.8 Å². The zero-order valence-corrected chi connectivity index (χ0v) is 22.2. The normalized spacial score (nSPS) is 15.3. The van der Waals surface area contributed by atoms with Crippen LogP contribution in [0.5, 0.6) is 0 Å². The number of nitrogens with zero attached hydrogens (tertiary/aromatic N) is 3. The Bertz CT molecular complexity index is 1190. The van der Waals surface area contributed by atoms with E-state index in [1.165, 1.54) is 49.3 Å². The van der Waals surface area contributed by atoms with E-state index in [4.69, 9.17) is 0 Å². The summed E-state index contributed by atoms with van der Waals surface area (Å²) >= 11 is 0. The lowest BCUT2D eigenvalue weighted by Gasteiger charge is -2.34. The molecule has 1 saturated carbocycles. The van der Waals surface area contributed by atoms with Crippen molar-refractivity contribution in [3.63, 3.8) is 0 Å². The van der Waals surface area contributed by atoms with Crippen LogP contribution in [0, 0.1) is 11.6 Å².